The summed E-state index contributed by atoms with van der Waals surface area (Å²) in [5, 5.41) is 2.57. The van der Waals surface area contributed by atoms with Crippen molar-refractivity contribution in [1.29, 1.82) is 0 Å². The van der Waals surface area contributed by atoms with Crippen LogP contribution in [0.15, 0.2) is 72.8 Å². The Balaban J connectivity index is 1.41. The lowest BCUT2D eigenvalue weighted by Gasteiger charge is -2.20. The van der Waals surface area contributed by atoms with Gasteiger partial charge in [-0.1, -0.05) is 48.5 Å². The van der Waals surface area contributed by atoms with Gasteiger partial charge >= 0.3 is 5.97 Å². The molecule has 7 heteroatoms. The average molecular weight is 441 g/mol. The molecule has 0 spiro atoms. The van der Waals surface area contributed by atoms with E-state index in [9.17, 15) is 19.2 Å². The maximum atomic E-state index is 13.0. The van der Waals surface area contributed by atoms with E-state index in [4.69, 9.17) is 9.47 Å². The number of carbonyl (C=O) groups is 4. The number of benzene rings is 3. The van der Waals surface area contributed by atoms with Crippen LogP contribution in [-0.2, 0) is 14.3 Å². The normalized spacial score (nSPS) is 12.2. The van der Waals surface area contributed by atoms with E-state index in [0.717, 1.165) is 5.56 Å². The van der Waals surface area contributed by atoms with Crippen molar-refractivity contribution in [1.82, 2.24) is 0 Å². The third kappa shape index (κ3) is 4.57. The van der Waals surface area contributed by atoms with Gasteiger partial charge in [-0.25, -0.2) is 4.79 Å². The molecule has 1 N–H and O–H groups in total. The predicted octanol–water partition coefficient (Wildman–Crippen LogP) is 3.67. The van der Waals surface area contributed by atoms with Crippen LogP contribution in [0.4, 0.5) is 5.69 Å². The van der Waals surface area contributed by atoms with E-state index in [0.29, 0.717) is 11.3 Å². The zero-order valence-corrected chi connectivity index (χ0v) is 17.7. The van der Waals surface area contributed by atoms with Crippen molar-refractivity contribution in [2.24, 2.45) is 0 Å². The van der Waals surface area contributed by atoms with Crippen molar-refractivity contribution in [3.8, 4) is 5.75 Å². The highest BCUT2D eigenvalue weighted by molar-refractivity contribution is 6.30. The standard InChI is InChI=1S/C26H19NO6/c1-32-17-12-9-16(10-13-17)11-14-23(29)33-15-22(28)27-21-8-4-7-20-24(21)26(31)19-6-3-2-5-18(19)25(20)30/h2-14H,15H2,1H3,(H,27,28)/b14-11+. The van der Waals surface area contributed by atoms with Gasteiger partial charge in [0.05, 0.1) is 18.4 Å². The summed E-state index contributed by atoms with van der Waals surface area (Å²) in [5.41, 5.74) is 1.91. The summed E-state index contributed by atoms with van der Waals surface area (Å²) in [6.07, 6.45) is 2.76. The molecule has 0 saturated heterocycles. The zero-order valence-electron chi connectivity index (χ0n) is 17.7. The maximum Gasteiger partial charge on any atom is 0.331 e. The highest BCUT2D eigenvalue weighted by Gasteiger charge is 2.31. The second-order valence-corrected chi connectivity index (χ2v) is 7.19. The molecule has 0 atom stereocenters. The van der Waals surface area contributed by atoms with Crippen LogP contribution in [-0.4, -0.2) is 37.2 Å². The van der Waals surface area contributed by atoms with Gasteiger partial charge in [0.1, 0.15) is 5.75 Å². The molecule has 1 aliphatic rings. The Hall–Kier alpha value is -4.52. The molecule has 0 aromatic heterocycles. The largest absolute Gasteiger partial charge is 0.497 e. The SMILES string of the molecule is COc1ccc(/C=C/C(=O)OCC(=O)Nc2cccc3c2C(=O)c2ccccc2C3=O)cc1. The number of amides is 1. The molecule has 164 valence electrons. The molecular weight excluding hydrogens is 422 g/mol. The molecule has 0 aliphatic heterocycles. The number of carbonyl (C=O) groups excluding carboxylic acids is 4. The molecule has 1 amide bonds. The zero-order chi connectivity index (χ0) is 23.4. The summed E-state index contributed by atoms with van der Waals surface area (Å²) in [5.74, 6) is -1.27. The fourth-order valence-electron chi connectivity index (χ4n) is 3.50. The highest BCUT2D eigenvalue weighted by atomic mass is 16.5. The van der Waals surface area contributed by atoms with Gasteiger partial charge in [-0.2, -0.15) is 0 Å². The summed E-state index contributed by atoms with van der Waals surface area (Å²) in [6.45, 7) is -0.547. The Morgan fingerprint density at radius 2 is 1.52 bits per heavy atom. The smallest absolute Gasteiger partial charge is 0.331 e. The van der Waals surface area contributed by atoms with Crippen LogP contribution in [0.3, 0.4) is 0 Å². The van der Waals surface area contributed by atoms with Gasteiger partial charge in [-0.15, -0.1) is 0 Å². The predicted molar refractivity (Wildman–Crippen MR) is 121 cm³/mol. The molecule has 33 heavy (non-hydrogen) atoms. The molecule has 4 rings (SSSR count). The third-order valence-corrected chi connectivity index (χ3v) is 5.10. The first-order chi connectivity index (χ1) is 16.0. The molecule has 0 saturated carbocycles. The van der Waals surface area contributed by atoms with Crippen molar-refractivity contribution in [2.75, 3.05) is 19.0 Å². The summed E-state index contributed by atoms with van der Waals surface area (Å²) < 4.78 is 10.0. The first kappa shape index (κ1) is 21.7. The number of esters is 1. The molecule has 0 radical (unpaired) electrons. The van der Waals surface area contributed by atoms with Crippen LogP contribution in [0, 0.1) is 0 Å². The van der Waals surface area contributed by atoms with Crippen LogP contribution in [0.1, 0.15) is 37.4 Å². The lowest BCUT2D eigenvalue weighted by molar-refractivity contribution is -0.142. The van der Waals surface area contributed by atoms with Gasteiger partial charge in [-0.05, 0) is 29.8 Å². The monoisotopic (exact) mass is 441 g/mol. The molecule has 7 nitrogen and oxygen atoms in total. The van der Waals surface area contributed by atoms with Crippen LogP contribution in [0.25, 0.3) is 6.08 Å². The lowest BCUT2D eigenvalue weighted by Crippen LogP contribution is -2.25. The van der Waals surface area contributed by atoms with Crippen LogP contribution in [0.2, 0.25) is 0 Å². The Labute approximate surface area is 189 Å². The van der Waals surface area contributed by atoms with Gasteiger partial charge in [0.2, 0.25) is 0 Å². The first-order valence-corrected chi connectivity index (χ1v) is 10.1. The van der Waals surface area contributed by atoms with Gasteiger partial charge in [0.25, 0.3) is 5.91 Å². The Bertz CT molecular complexity index is 1290. The molecule has 3 aromatic rings. The van der Waals surface area contributed by atoms with Gasteiger partial charge in [0, 0.05) is 22.8 Å². The number of hydrogen-bond acceptors (Lipinski definition) is 6. The van der Waals surface area contributed by atoms with Crippen molar-refractivity contribution in [2.45, 2.75) is 0 Å². The number of fused-ring (bicyclic) bond motifs is 2. The van der Waals surface area contributed by atoms with Gasteiger partial charge < -0.3 is 14.8 Å². The highest BCUT2D eigenvalue weighted by Crippen LogP contribution is 2.31. The fraction of sp³-hybridized carbons (Fsp3) is 0.0769. The number of hydrogen-bond donors (Lipinski definition) is 1. The van der Waals surface area contributed by atoms with Crippen molar-refractivity contribution in [3.05, 3.63) is 101 Å². The van der Waals surface area contributed by atoms with Crippen molar-refractivity contribution in [3.63, 3.8) is 0 Å². The number of nitrogens with one attached hydrogen (secondary N) is 1. The van der Waals surface area contributed by atoms with E-state index in [2.05, 4.69) is 5.32 Å². The van der Waals surface area contributed by atoms with Gasteiger partial charge in [-0.3, -0.25) is 14.4 Å². The number of rotatable bonds is 6. The number of ether oxygens (including phenoxy) is 2. The van der Waals surface area contributed by atoms with Gasteiger partial charge in [0.15, 0.2) is 18.2 Å². The third-order valence-electron chi connectivity index (χ3n) is 5.10. The molecule has 0 bridgehead atoms. The molecule has 0 unspecified atom stereocenters. The molecule has 1 aliphatic carbocycles. The maximum absolute atomic E-state index is 13.0. The summed E-state index contributed by atoms with van der Waals surface area (Å²) >= 11 is 0. The molecule has 3 aromatic carbocycles. The number of anilines is 1. The summed E-state index contributed by atoms with van der Waals surface area (Å²) in [4.78, 5) is 50.1. The molecule has 0 heterocycles. The minimum atomic E-state index is -0.698. The first-order valence-electron chi connectivity index (χ1n) is 10.1. The second-order valence-electron chi connectivity index (χ2n) is 7.19. The lowest BCUT2D eigenvalue weighted by atomic mass is 9.83. The van der Waals surface area contributed by atoms with Crippen LogP contribution >= 0.6 is 0 Å². The molecule has 0 fully saturated rings. The number of methoxy groups -OCH3 is 1. The van der Waals surface area contributed by atoms with E-state index in [1.807, 2.05) is 0 Å². The Morgan fingerprint density at radius 3 is 2.21 bits per heavy atom. The van der Waals surface area contributed by atoms with E-state index in [-0.39, 0.29) is 33.9 Å². The van der Waals surface area contributed by atoms with Crippen molar-refractivity contribution < 1.29 is 28.7 Å². The quantitative estimate of drug-likeness (QED) is 0.362. The van der Waals surface area contributed by atoms with Crippen LogP contribution in [0.5, 0.6) is 5.75 Å². The second kappa shape index (κ2) is 9.32. The van der Waals surface area contributed by atoms with E-state index >= 15 is 0 Å². The fourth-order valence-corrected chi connectivity index (χ4v) is 3.50. The van der Waals surface area contributed by atoms with E-state index in [1.165, 1.54) is 12.1 Å². The minimum absolute atomic E-state index is 0.125. The summed E-state index contributed by atoms with van der Waals surface area (Å²) in [6, 6.07) is 18.2. The molecular formula is C26H19NO6. The minimum Gasteiger partial charge on any atom is -0.497 e. The van der Waals surface area contributed by atoms with Crippen LogP contribution < -0.4 is 10.1 Å². The van der Waals surface area contributed by atoms with E-state index in [1.54, 1.807) is 73.8 Å². The Kier molecular flexibility index (Phi) is 6.13. The summed E-state index contributed by atoms with van der Waals surface area (Å²) in [7, 11) is 1.56. The van der Waals surface area contributed by atoms with E-state index < -0.39 is 18.5 Å². The Morgan fingerprint density at radius 1 is 0.848 bits per heavy atom. The topological polar surface area (TPSA) is 98.8 Å². The van der Waals surface area contributed by atoms with Crippen molar-refractivity contribution >= 4 is 35.2 Å². The average Bonchev–Trinajstić information content (AvgIpc) is 2.85. The number of ketones is 2.